The van der Waals surface area contributed by atoms with Crippen LogP contribution in [-0.2, 0) is 9.53 Å². The minimum Gasteiger partial charge on any atom is -0.447 e. The largest absolute Gasteiger partial charge is 0.447 e. The minimum absolute atomic E-state index is 0.00311. The molecule has 0 unspecified atom stereocenters. The smallest absolute Gasteiger partial charge is 0.426 e. The lowest BCUT2D eigenvalue weighted by Gasteiger charge is -2.14. The predicted molar refractivity (Wildman–Crippen MR) is 77.0 cm³/mol. The van der Waals surface area contributed by atoms with Crippen LogP contribution in [0.25, 0.3) is 11.1 Å². The molecule has 2 aromatic rings. The Bertz CT molecular complexity index is 639. The molecular weight excluding hydrogens is 268 g/mol. The van der Waals surface area contributed by atoms with Crippen molar-refractivity contribution in [2.45, 2.75) is 5.92 Å². The summed E-state index contributed by atoms with van der Waals surface area (Å²) in [7, 11) is 0. The van der Waals surface area contributed by atoms with Gasteiger partial charge in [-0.2, -0.15) is 0 Å². The van der Waals surface area contributed by atoms with Gasteiger partial charge >= 0.3 is 12.5 Å². The van der Waals surface area contributed by atoms with E-state index in [1.165, 1.54) is 17.5 Å². The van der Waals surface area contributed by atoms with Gasteiger partial charge in [0, 0.05) is 5.92 Å². The van der Waals surface area contributed by atoms with Gasteiger partial charge in [0.2, 0.25) is 0 Å². The normalized spacial score (nSPS) is 12.2. The van der Waals surface area contributed by atoms with Gasteiger partial charge in [0.05, 0.1) is 0 Å². The lowest BCUT2D eigenvalue weighted by atomic mass is 9.98. The number of fused-ring (bicyclic) bond motifs is 3. The molecule has 0 saturated heterocycles. The first-order valence-electron chi connectivity index (χ1n) is 6.54. The van der Waals surface area contributed by atoms with Crippen LogP contribution >= 0.6 is 0 Å². The van der Waals surface area contributed by atoms with Crippen LogP contribution in [0.1, 0.15) is 17.0 Å². The Hall–Kier alpha value is -2.82. The van der Waals surface area contributed by atoms with E-state index in [1.54, 1.807) is 0 Å². The van der Waals surface area contributed by atoms with E-state index in [0.717, 1.165) is 11.1 Å². The van der Waals surface area contributed by atoms with E-state index in [1.807, 2.05) is 41.8 Å². The topological polar surface area (TPSA) is 67.4 Å². The first-order valence-corrected chi connectivity index (χ1v) is 6.54. The number of nitrogens with one attached hydrogen (secondary N) is 2. The second kappa shape index (κ2) is 5.66. The van der Waals surface area contributed by atoms with Crippen molar-refractivity contribution >= 4 is 12.5 Å². The number of benzene rings is 2. The van der Waals surface area contributed by atoms with Crippen LogP contribution < -0.4 is 10.9 Å². The SMILES string of the molecule is O=[C]NNC(=O)OCC1c2ccccc2-c2ccccc21. The Morgan fingerprint density at radius 1 is 1.05 bits per heavy atom. The van der Waals surface area contributed by atoms with E-state index in [9.17, 15) is 9.59 Å². The monoisotopic (exact) mass is 281 g/mol. The molecule has 0 aromatic heterocycles. The van der Waals surface area contributed by atoms with Crippen molar-refractivity contribution in [3.05, 3.63) is 59.7 Å². The van der Waals surface area contributed by atoms with Gasteiger partial charge < -0.3 is 4.74 Å². The molecule has 0 heterocycles. The minimum atomic E-state index is -0.708. The maximum absolute atomic E-state index is 11.4. The van der Waals surface area contributed by atoms with Crippen molar-refractivity contribution in [3.63, 3.8) is 0 Å². The Morgan fingerprint density at radius 3 is 2.19 bits per heavy atom. The summed E-state index contributed by atoms with van der Waals surface area (Å²) in [6, 6.07) is 16.2. The van der Waals surface area contributed by atoms with E-state index in [4.69, 9.17) is 4.74 Å². The fourth-order valence-electron chi connectivity index (χ4n) is 2.71. The zero-order valence-corrected chi connectivity index (χ0v) is 11.1. The Balaban J connectivity index is 1.82. The van der Waals surface area contributed by atoms with Crippen molar-refractivity contribution in [3.8, 4) is 11.1 Å². The van der Waals surface area contributed by atoms with Crippen LogP contribution in [0.5, 0.6) is 0 Å². The van der Waals surface area contributed by atoms with Crippen LogP contribution in [0, 0.1) is 0 Å². The molecule has 2 amide bonds. The summed E-state index contributed by atoms with van der Waals surface area (Å²) in [5.74, 6) is 0.00311. The molecule has 2 aromatic carbocycles. The Labute approximate surface area is 121 Å². The van der Waals surface area contributed by atoms with Gasteiger partial charge in [-0.1, -0.05) is 48.5 Å². The molecule has 0 fully saturated rings. The van der Waals surface area contributed by atoms with Crippen LogP contribution in [-0.4, -0.2) is 19.1 Å². The highest BCUT2D eigenvalue weighted by Gasteiger charge is 2.28. The second-order valence-corrected chi connectivity index (χ2v) is 4.68. The highest BCUT2D eigenvalue weighted by Crippen LogP contribution is 2.44. The number of hydrazine groups is 1. The third-order valence-corrected chi connectivity index (χ3v) is 3.56. The van der Waals surface area contributed by atoms with E-state index in [2.05, 4.69) is 17.6 Å². The third kappa shape index (κ3) is 2.45. The summed E-state index contributed by atoms with van der Waals surface area (Å²) in [5, 5.41) is 0. The quantitative estimate of drug-likeness (QED) is 0.666. The zero-order chi connectivity index (χ0) is 14.7. The molecule has 1 aliphatic rings. The fraction of sp³-hybridized carbons (Fsp3) is 0.125. The molecule has 1 aliphatic carbocycles. The molecule has 2 N–H and O–H groups in total. The number of carbonyl (C=O) groups excluding carboxylic acids is 2. The summed E-state index contributed by atoms with van der Waals surface area (Å²) in [6.07, 6.45) is 0.638. The number of rotatable bonds is 4. The van der Waals surface area contributed by atoms with Crippen LogP contribution in [0.15, 0.2) is 48.5 Å². The number of ether oxygens (including phenoxy) is 1. The van der Waals surface area contributed by atoms with E-state index in [0.29, 0.717) is 0 Å². The highest BCUT2D eigenvalue weighted by molar-refractivity contribution is 5.79. The maximum atomic E-state index is 11.4. The first-order chi connectivity index (χ1) is 10.3. The van der Waals surface area contributed by atoms with Crippen molar-refractivity contribution in [1.82, 2.24) is 10.9 Å². The fourth-order valence-corrected chi connectivity index (χ4v) is 2.71. The van der Waals surface area contributed by atoms with E-state index in [-0.39, 0.29) is 12.5 Å². The Morgan fingerprint density at radius 2 is 1.62 bits per heavy atom. The molecular formula is C16H13N2O3. The van der Waals surface area contributed by atoms with Gasteiger partial charge in [-0.3, -0.25) is 10.2 Å². The second-order valence-electron chi connectivity index (χ2n) is 4.68. The van der Waals surface area contributed by atoms with Gasteiger partial charge in [-0.05, 0) is 22.3 Å². The molecule has 5 nitrogen and oxygen atoms in total. The van der Waals surface area contributed by atoms with Gasteiger partial charge in [0.1, 0.15) is 6.61 Å². The van der Waals surface area contributed by atoms with Gasteiger partial charge in [-0.25, -0.2) is 10.2 Å². The first kappa shape index (κ1) is 13.2. The average molecular weight is 281 g/mol. The summed E-state index contributed by atoms with van der Waals surface area (Å²) < 4.78 is 5.15. The van der Waals surface area contributed by atoms with Crippen molar-refractivity contribution in [2.24, 2.45) is 0 Å². The predicted octanol–water partition coefficient (Wildman–Crippen LogP) is 2.10. The third-order valence-electron chi connectivity index (χ3n) is 3.56. The van der Waals surface area contributed by atoms with Gasteiger partial charge in [0.25, 0.3) is 0 Å². The zero-order valence-electron chi connectivity index (χ0n) is 11.1. The van der Waals surface area contributed by atoms with Crippen molar-refractivity contribution < 1.29 is 14.3 Å². The summed E-state index contributed by atoms with van der Waals surface area (Å²) >= 11 is 0. The molecule has 1 radical (unpaired) electrons. The summed E-state index contributed by atoms with van der Waals surface area (Å²) in [4.78, 5) is 21.4. The number of carbonyl (C=O) groups is 1. The number of hydrogen-bond acceptors (Lipinski definition) is 3. The highest BCUT2D eigenvalue weighted by atomic mass is 16.6. The average Bonchev–Trinajstić information content (AvgIpc) is 2.85. The van der Waals surface area contributed by atoms with Crippen LogP contribution in [0.4, 0.5) is 4.79 Å². The lowest BCUT2D eigenvalue weighted by Crippen LogP contribution is -2.37. The standard InChI is InChI=1S/C16H13N2O3/c19-10-17-18-16(20)21-9-15-13-7-3-1-5-11(13)12-6-2-4-8-14(12)15/h1-8,15H,9H2,(H,17,19)(H,18,20). The van der Waals surface area contributed by atoms with Crippen LogP contribution in [0.2, 0.25) is 0 Å². The lowest BCUT2D eigenvalue weighted by molar-refractivity contribution is 0.140. The molecule has 0 spiro atoms. The molecule has 0 aliphatic heterocycles. The summed E-state index contributed by atoms with van der Waals surface area (Å²) in [6.45, 7) is 0.209. The number of amides is 2. The number of hydrogen-bond donors (Lipinski definition) is 2. The molecule has 0 atom stereocenters. The van der Waals surface area contributed by atoms with Crippen LogP contribution in [0.3, 0.4) is 0 Å². The van der Waals surface area contributed by atoms with E-state index < -0.39 is 6.09 Å². The molecule has 5 heteroatoms. The summed E-state index contributed by atoms with van der Waals surface area (Å²) in [5.41, 5.74) is 8.62. The Kier molecular flexibility index (Phi) is 3.55. The molecule has 3 rings (SSSR count). The molecule has 0 bridgehead atoms. The van der Waals surface area contributed by atoms with Crippen molar-refractivity contribution in [1.29, 1.82) is 0 Å². The van der Waals surface area contributed by atoms with Gasteiger partial charge in [0.15, 0.2) is 0 Å². The van der Waals surface area contributed by atoms with E-state index >= 15 is 0 Å². The molecule has 21 heavy (non-hydrogen) atoms. The molecule has 0 saturated carbocycles. The maximum Gasteiger partial charge on any atom is 0.426 e. The van der Waals surface area contributed by atoms with Crippen molar-refractivity contribution in [2.75, 3.05) is 6.61 Å². The molecule has 105 valence electrons. The van der Waals surface area contributed by atoms with Gasteiger partial charge in [-0.15, -0.1) is 0 Å².